The van der Waals surface area contributed by atoms with Crippen LogP contribution in [0.1, 0.15) is 11.4 Å². The maximum atomic E-state index is 5.95. The summed E-state index contributed by atoms with van der Waals surface area (Å²) in [6, 6.07) is 13.4. The second kappa shape index (κ2) is 4.35. The lowest BCUT2D eigenvalue weighted by Gasteiger charge is -2.02. The highest BCUT2D eigenvalue weighted by Crippen LogP contribution is 2.20. The monoisotopic (exact) mass is 257 g/mol. The topological polar surface area (TPSA) is 54.7 Å². The maximum absolute atomic E-state index is 5.95. The number of hydrogen-bond acceptors (Lipinski definition) is 2. The molecule has 3 rings (SSSR count). The van der Waals surface area contributed by atoms with Crippen LogP contribution in [0.15, 0.2) is 42.5 Å². The van der Waals surface area contributed by atoms with E-state index in [1.807, 2.05) is 42.5 Å². The van der Waals surface area contributed by atoms with Crippen LogP contribution < -0.4 is 5.73 Å². The molecular weight excluding hydrogens is 246 g/mol. The predicted molar refractivity (Wildman–Crippen MR) is 74.8 cm³/mol. The third kappa shape index (κ3) is 2.05. The fraction of sp³-hybridized carbons (Fsp3) is 0.0714. The van der Waals surface area contributed by atoms with Crippen molar-refractivity contribution in [2.75, 3.05) is 5.73 Å². The normalized spacial score (nSPS) is 10.9. The number of anilines is 1. The molecule has 0 fully saturated rings. The smallest absolute Gasteiger partial charge is 0.111 e. The summed E-state index contributed by atoms with van der Waals surface area (Å²) in [6.07, 6.45) is 0.693. The molecule has 3 nitrogen and oxygen atoms in total. The van der Waals surface area contributed by atoms with E-state index in [9.17, 15) is 0 Å². The van der Waals surface area contributed by atoms with Crippen molar-refractivity contribution in [3.8, 4) is 0 Å². The fourth-order valence-electron chi connectivity index (χ4n) is 1.99. The van der Waals surface area contributed by atoms with Crippen LogP contribution in [-0.4, -0.2) is 9.97 Å². The van der Waals surface area contributed by atoms with Crippen molar-refractivity contribution in [3.63, 3.8) is 0 Å². The molecule has 0 aliphatic rings. The lowest BCUT2D eigenvalue weighted by atomic mass is 10.1. The van der Waals surface area contributed by atoms with Crippen LogP contribution >= 0.6 is 11.6 Å². The van der Waals surface area contributed by atoms with E-state index < -0.39 is 0 Å². The Morgan fingerprint density at radius 2 is 2.00 bits per heavy atom. The number of halogens is 1. The van der Waals surface area contributed by atoms with Gasteiger partial charge in [0.2, 0.25) is 0 Å². The molecule has 0 radical (unpaired) electrons. The summed E-state index contributed by atoms with van der Waals surface area (Å²) in [5, 5.41) is 0.705. The lowest BCUT2D eigenvalue weighted by molar-refractivity contribution is 1.04. The largest absolute Gasteiger partial charge is 0.398 e. The van der Waals surface area contributed by atoms with Gasteiger partial charge in [0.25, 0.3) is 0 Å². The quantitative estimate of drug-likeness (QED) is 0.692. The van der Waals surface area contributed by atoms with Crippen molar-refractivity contribution >= 4 is 28.3 Å². The zero-order valence-corrected chi connectivity index (χ0v) is 10.4. The van der Waals surface area contributed by atoms with Crippen LogP contribution in [0.3, 0.4) is 0 Å². The van der Waals surface area contributed by atoms with Crippen molar-refractivity contribution in [1.82, 2.24) is 9.97 Å². The zero-order valence-electron chi connectivity index (χ0n) is 9.65. The van der Waals surface area contributed by atoms with Crippen molar-refractivity contribution in [3.05, 3.63) is 58.9 Å². The zero-order chi connectivity index (χ0) is 12.5. The van der Waals surface area contributed by atoms with Gasteiger partial charge in [-0.3, -0.25) is 0 Å². The number of aromatic nitrogens is 2. The van der Waals surface area contributed by atoms with Crippen LogP contribution in [0.5, 0.6) is 0 Å². The molecule has 90 valence electrons. The summed E-state index contributed by atoms with van der Waals surface area (Å²) in [5.41, 5.74) is 9.66. The Balaban J connectivity index is 1.98. The van der Waals surface area contributed by atoms with Crippen LogP contribution in [0.4, 0.5) is 5.69 Å². The molecule has 0 atom stereocenters. The molecule has 0 saturated heterocycles. The molecule has 0 saturated carbocycles. The van der Waals surface area contributed by atoms with E-state index in [1.165, 1.54) is 0 Å². The molecule has 4 heteroatoms. The van der Waals surface area contributed by atoms with Crippen molar-refractivity contribution in [2.45, 2.75) is 6.42 Å². The van der Waals surface area contributed by atoms with Crippen LogP contribution in [0.25, 0.3) is 11.0 Å². The molecule has 18 heavy (non-hydrogen) atoms. The summed E-state index contributed by atoms with van der Waals surface area (Å²) in [5.74, 6) is 0.894. The first-order valence-electron chi connectivity index (χ1n) is 5.70. The Bertz CT molecular complexity index is 703. The number of benzene rings is 2. The Morgan fingerprint density at radius 3 is 2.83 bits per heavy atom. The van der Waals surface area contributed by atoms with Gasteiger partial charge >= 0.3 is 0 Å². The van der Waals surface area contributed by atoms with Gasteiger partial charge in [0.05, 0.1) is 11.0 Å². The molecule has 1 aromatic heterocycles. The van der Waals surface area contributed by atoms with Crippen LogP contribution in [0.2, 0.25) is 5.02 Å². The second-order valence-corrected chi connectivity index (χ2v) is 4.66. The summed E-state index contributed by atoms with van der Waals surface area (Å²) in [6.45, 7) is 0. The molecule has 3 N–H and O–H groups in total. The van der Waals surface area contributed by atoms with E-state index in [0.29, 0.717) is 11.4 Å². The first kappa shape index (κ1) is 11.1. The molecule has 0 bridgehead atoms. The SMILES string of the molecule is Nc1ccccc1Cc1nc2ccc(Cl)cc2[nH]1. The standard InChI is InChI=1S/C14H12ClN3/c15-10-5-6-12-13(8-10)18-14(17-12)7-9-3-1-2-4-11(9)16/h1-6,8H,7,16H2,(H,17,18). The first-order chi connectivity index (χ1) is 8.72. The number of rotatable bonds is 2. The predicted octanol–water partition coefficient (Wildman–Crippen LogP) is 3.39. The van der Waals surface area contributed by atoms with Crippen LogP contribution in [0, 0.1) is 0 Å². The molecule has 3 aromatic rings. The number of fused-ring (bicyclic) bond motifs is 1. The summed E-state index contributed by atoms with van der Waals surface area (Å²) in [7, 11) is 0. The summed E-state index contributed by atoms with van der Waals surface area (Å²) < 4.78 is 0. The van der Waals surface area contributed by atoms with Crippen molar-refractivity contribution in [2.24, 2.45) is 0 Å². The van der Waals surface area contributed by atoms with Gasteiger partial charge in [-0.05, 0) is 29.8 Å². The van der Waals surface area contributed by atoms with Gasteiger partial charge in [0.1, 0.15) is 5.82 Å². The molecule has 2 aromatic carbocycles. The third-order valence-corrected chi connectivity index (χ3v) is 3.14. The average Bonchev–Trinajstić information content (AvgIpc) is 2.73. The maximum Gasteiger partial charge on any atom is 0.111 e. The Hall–Kier alpha value is -2.00. The molecular formula is C14H12ClN3. The highest BCUT2D eigenvalue weighted by atomic mass is 35.5. The number of nitrogens with zero attached hydrogens (tertiary/aromatic N) is 1. The number of para-hydroxylation sites is 1. The average molecular weight is 258 g/mol. The van der Waals surface area contributed by atoms with Gasteiger partial charge in [-0.25, -0.2) is 4.98 Å². The molecule has 0 aliphatic heterocycles. The minimum atomic E-state index is 0.693. The number of H-pyrrole nitrogens is 1. The van der Waals surface area contributed by atoms with E-state index in [-0.39, 0.29) is 0 Å². The van der Waals surface area contributed by atoms with Gasteiger partial charge in [-0.15, -0.1) is 0 Å². The molecule has 0 aliphatic carbocycles. The summed E-state index contributed by atoms with van der Waals surface area (Å²) in [4.78, 5) is 7.78. The van der Waals surface area contributed by atoms with E-state index in [0.717, 1.165) is 28.1 Å². The molecule has 0 amide bonds. The van der Waals surface area contributed by atoms with Crippen molar-refractivity contribution < 1.29 is 0 Å². The van der Waals surface area contributed by atoms with Gasteiger partial charge < -0.3 is 10.7 Å². The lowest BCUT2D eigenvalue weighted by Crippen LogP contribution is -1.96. The minimum absolute atomic E-state index is 0.693. The molecule has 0 unspecified atom stereocenters. The fourth-order valence-corrected chi connectivity index (χ4v) is 2.17. The Kier molecular flexibility index (Phi) is 2.68. The summed E-state index contributed by atoms with van der Waals surface area (Å²) >= 11 is 5.95. The Labute approximate surface area is 110 Å². The highest BCUT2D eigenvalue weighted by molar-refractivity contribution is 6.31. The van der Waals surface area contributed by atoms with Gasteiger partial charge in [-0.2, -0.15) is 0 Å². The van der Waals surface area contributed by atoms with Gasteiger partial charge in [-0.1, -0.05) is 29.8 Å². The molecule has 0 spiro atoms. The van der Waals surface area contributed by atoms with Gasteiger partial charge in [0.15, 0.2) is 0 Å². The van der Waals surface area contributed by atoms with E-state index in [2.05, 4.69) is 9.97 Å². The van der Waals surface area contributed by atoms with E-state index in [4.69, 9.17) is 17.3 Å². The highest BCUT2D eigenvalue weighted by Gasteiger charge is 2.06. The number of aromatic amines is 1. The van der Waals surface area contributed by atoms with Crippen LogP contribution in [-0.2, 0) is 6.42 Å². The van der Waals surface area contributed by atoms with Crippen molar-refractivity contribution in [1.29, 1.82) is 0 Å². The number of nitrogens with one attached hydrogen (secondary N) is 1. The second-order valence-electron chi connectivity index (χ2n) is 4.22. The number of imidazole rings is 1. The van der Waals surface area contributed by atoms with E-state index >= 15 is 0 Å². The number of nitrogens with two attached hydrogens (primary N) is 1. The number of nitrogen functional groups attached to an aromatic ring is 1. The minimum Gasteiger partial charge on any atom is -0.398 e. The first-order valence-corrected chi connectivity index (χ1v) is 6.08. The molecule has 1 heterocycles. The Morgan fingerprint density at radius 1 is 1.17 bits per heavy atom. The van der Waals surface area contributed by atoms with Gasteiger partial charge in [0, 0.05) is 17.1 Å². The third-order valence-electron chi connectivity index (χ3n) is 2.91. The van der Waals surface area contributed by atoms with E-state index in [1.54, 1.807) is 0 Å². The number of hydrogen-bond donors (Lipinski definition) is 2.